The number of halogens is 2. The third-order valence-electron chi connectivity index (χ3n) is 3.98. The van der Waals surface area contributed by atoms with E-state index in [9.17, 15) is 0 Å². The SMILES string of the molecule is COc1c(Br)cc(Br)cc1C=NNc1nnc2c(n1)[nH]c1ccc(C)cc12. The number of H-pyrrole nitrogens is 1. The van der Waals surface area contributed by atoms with Crippen LogP contribution in [-0.2, 0) is 0 Å². The Morgan fingerprint density at radius 2 is 2.04 bits per heavy atom. The maximum absolute atomic E-state index is 5.40. The lowest BCUT2D eigenvalue weighted by molar-refractivity contribution is 0.411. The van der Waals surface area contributed by atoms with E-state index in [0.717, 1.165) is 36.5 Å². The van der Waals surface area contributed by atoms with Gasteiger partial charge in [-0.2, -0.15) is 10.1 Å². The molecule has 4 aromatic rings. The zero-order valence-electron chi connectivity index (χ0n) is 14.4. The minimum atomic E-state index is 0.301. The summed E-state index contributed by atoms with van der Waals surface area (Å²) in [6.45, 7) is 2.04. The molecule has 4 rings (SSSR count). The minimum Gasteiger partial charge on any atom is -0.495 e. The fourth-order valence-corrected chi connectivity index (χ4v) is 4.20. The molecule has 0 atom stereocenters. The van der Waals surface area contributed by atoms with Crippen molar-refractivity contribution >= 4 is 66.1 Å². The van der Waals surface area contributed by atoms with Gasteiger partial charge in [0, 0.05) is 20.9 Å². The quantitative estimate of drug-likeness (QED) is 0.317. The Hall–Kier alpha value is -2.52. The van der Waals surface area contributed by atoms with E-state index in [1.165, 1.54) is 0 Å². The summed E-state index contributed by atoms with van der Waals surface area (Å²) in [5.41, 5.74) is 7.13. The van der Waals surface area contributed by atoms with Crippen LogP contribution in [-0.4, -0.2) is 33.5 Å². The summed E-state index contributed by atoms with van der Waals surface area (Å²) in [5.74, 6) is 0.985. The zero-order valence-corrected chi connectivity index (χ0v) is 17.6. The van der Waals surface area contributed by atoms with Crippen molar-refractivity contribution in [3.8, 4) is 5.75 Å². The predicted molar refractivity (Wildman–Crippen MR) is 114 cm³/mol. The first-order valence-electron chi connectivity index (χ1n) is 8.00. The van der Waals surface area contributed by atoms with E-state index in [1.54, 1.807) is 13.3 Å². The number of hydrogen-bond donors (Lipinski definition) is 2. The van der Waals surface area contributed by atoms with Gasteiger partial charge in [0.05, 0.1) is 17.8 Å². The van der Waals surface area contributed by atoms with Gasteiger partial charge in [-0.3, -0.25) is 0 Å². The van der Waals surface area contributed by atoms with Crippen molar-refractivity contribution in [2.24, 2.45) is 5.10 Å². The lowest BCUT2D eigenvalue weighted by atomic mass is 10.2. The fraction of sp³-hybridized carbons (Fsp3) is 0.111. The number of ether oxygens (including phenoxy) is 1. The Labute approximate surface area is 171 Å². The number of aromatic amines is 1. The number of aryl methyl sites for hydroxylation is 1. The van der Waals surface area contributed by atoms with E-state index >= 15 is 0 Å². The Morgan fingerprint density at radius 1 is 1.19 bits per heavy atom. The van der Waals surface area contributed by atoms with E-state index in [-0.39, 0.29) is 0 Å². The molecule has 0 spiro atoms. The molecule has 0 bridgehead atoms. The molecule has 7 nitrogen and oxygen atoms in total. The number of hydrogen-bond acceptors (Lipinski definition) is 6. The molecular formula is C18H14Br2N6O. The lowest BCUT2D eigenvalue weighted by Gasteiger charge is -2.07. The average Bonchev–Trinajstić information content (AvgIpc) is 2.98. The van der Waals surface area contributed by atoms with Crippen molar-refractivity contribution in [3.05, 3.63) is 50.4 Å². The molecule has 27 heavy (non-hydrogen) atoms. The van der Waals surface area contributed by atoms with E-state index in [0.29, 0.717) is 17.3 Å². The van der Waals surface area contributed by atoms with Gasteiger partial charge in [-0.25, -0.2) is 5.43 Å². The maximum Gasteiger partial charge on any atom is 0.265 e. The van der Waals surface area contributed by atoms with Crippen molar-refractivity contribution in [1.82, 2.24) is 20.2 Å². The molecule has 0 unspecified atom stereocenters. The number of methoxy groups -OCH3 is 1. The molecule has 2 heterocycles. The number of fused-ring (bicyclic) bond motifs is 3. The molecule has 0 aliphatic rings. The van der Waals surface area contributed by atoms with Crippen LogP contribution in [0.2, 0.25) is 0 Å². The third kappa shape index (κ3) is 3.52. The first kappa shape index (κ1) is 17.9. The van der Waals surface area contributed by atoms with Crippen LogP contribution < -0.4 is 10.2 Å². The van der Waals surface area contributed by atoms with Crippen LogP contribution in [0.5, 0.6) is 5.75 Å². The zero-order chi connectivity index (χ0) is 19.0. The molecule has 136 valence electrons. The molecule has 0 aliphatic heterocycles. The monoisotopic (exact) mass is 488 g/mol. The van der Waals surface area contributed by atoms with Crippen molar-refractivity contribution in [1.29, 1.82) is 0 Å². The lowest BCUT2D eigenvalue weighted by Crippen LogP contribution is -2.00. The van der Waals surface area contributed by atoms with Gasteiger partial charge in [0.25, 0.3) is 5.95 Å². The second kappa shape index (κ2) is 7.24. The van der Waals surface area contributed by atoms with Crippen molar-refractivity contribution < 1.29 is 4.74 Å². The Bertz CT molecular complexity index is 1190. The topological polar surface area (TPSA) is 88.1 Å². The summed E-state index contributed by atoms with van der Waals surface area (Å²) in [7, 11) is 1.61. The minimum absolute atomic E-state index is 0.301. The molecule has 0 aliphatic carbocycles. The first-order chi connectivity index (χ1) is 13.0. The molecule has 0 saturated carbocycles. The Morgan fingerprint density at radius 3 is 2.85 bits per heavy atom. The Balaban J connectivity index is 1.63. The summed E-state index contributed by atoms with van der Waals surface area (Å²) >= 11 is 6.92. The van der Waals surface area contributed by atoms with Crippen molar-refractivity contribution in [2.45, 2.75) is 6.92 Å². The van der Waals surface area contributed by atoms with Crippen LogP contribution >= 0.6 is 31.9 Å². The van der Waals surface area contributed by atoms with Gasteiger partial charge in [0.15, 0.2) is 5.65 Å². The third-order valence-corrected chi connectivity index (χ3v) is 5.03. The first-order valence-corrected chi connectivity index (χ1v) is 9.58. The molecule has 0 saturated heterocycles. The number of benzene rings is 2. The molecule has 0 fully saturated rings. The number of nitrogens with one attached hydrogen (secondary N) is 2. The maximum atomic E-state index is 5.40. The van der Waals surface area contributed by atoms with Crippen LogP contribution in [0.25, 0.3) is 22.1 Å². The molecule has 2 aromatic carbocycles. The van der Waals surface area contributed by atoms with E-state index in [2.05, 4.69) is 68.6 Å². The van der Waals surface area contributed by atoms with Gasteiger partial charge < -0.3 is 9.72 Å². The van der Waals surface area contributed by atoms with Crippen molar-refractivity contribution in [2.75, 3.05) is 12.5 Å². The highest BCUT2D eigenvalue weighted by Gasteiger charge is 2.10. The molecule has 0 amide bonds. The van der Waals surface area contributed by atoms with Crippen LogP contribution in [0.15, 0.2) is 44.4 Å². The number of anilines is 1. The smallest absolute Gasteiger partial charge is 0.265 e. The highest BCUT2D eigenvalue weighted by Crippen LogP contribution is 2.31. The van der Waals surface area contributed by atoms with Gasteiger partial charge in [0.2, 0.25) is 0 Å². The largest absolute Gasteiger partial charge is 0.495 e. The molecule has 9 heteroatoms. The van der Waals surface area contributed by atoms with Gasteiger partial charge in [-0.15, -0.1) is 10.2 Å². The summed E-state index contributed by atoms with van der Waals surface area (Å²) < 4.78 is 7.13. The van der Waals surface area contributed by atoms with Gasteiger partial charge >= 0.3 is 0 Å². The van der Waals surface area contributed by atoms with Crippen LogP contribution in [0.3, 0.4) is 0 Å². The number of nitrogens with zero attached hydrogens (tertiary/aromatic N) is 4. The predicted octanol–water partition coefficient (Wildman–Crippen LogP) is 4.79. The van der Waals surface area contributed by atoms with E-state index in [4.69, 9.17) is 4.74 Å². The summed E-state index contributed by atoms with van der Waals surface area (Å²) in [6, 6.07) is 9.92. The molecule has 2 N–H and O–H groups in total. The van der Waals surface area contributed by atoms with Crippen LogP contribution in [0, 0.1) is 6.92 Å². The van der Waals surface area contributed by atoms with E-state index < -0.39 is 0 Å². The highest BCUT2D eigenvalue weighted by molar-refractivity contribution is 9.11. The van der Waals surface area contributed by atoms with E-state index in [1.807, 2.05) is 31.2 Å². The number of hydrazone groups is 1. The summed E-state index contributed by atoms with van der Waals surface area (Å²) in [6.07, 6.45) is 1.64. The van der Waals surface area contributed by atoms with Gasteiger partial charge in [0.1, 0.15) is 11.3 Å². The second-order valence-corrected chi connectivity index (χ2v) is 7.66. The molecular weight excluding hydrogens is 476 g/mol. The van der Waals surface area contributed by atoms with Gasteiger partial charge in [-0.1, -0.05) is 27.6 Å². The second-order valence-electron chi connectivity index (χ2n) is 5.89. The highest BCUT2D eigenvalue weighted by atomic mass is 79.9. The molecule has 2 aromatic heterocycles. The standard InChI is InChI=1S/C18H14Br2N6O/c1-9-3-4-14-12(5-9)15-17(22-14)23-18(26-24-15)25-21-8-10-6-11(19)7-13(20)16(10)27-2/h3-8H,1-2H3,(H2,22,23,25,26). The van der Waals surface area contributed by atoms with Crippen LogP contribution in [0.1, 0.15) is 11.1 Å². The van der Waals surface area contributed by atoms with Crippen LogP contribution in [0.4, 0.5) is 5.95 Å². The average molecular weight is 490 g/mol. The Kier molecular flexibility index (Phi) is 4.79. The molecule has 0 radical (unpaired) electrons. The number of aromatic nitrogens is 4. The van der Waals surface area contributed by atoms with Crippen molar-refractivity contribution in [3.63, 3.8) is 0 Å². The summed E-state index contributed by atoms with van der Waals surface area (Å²) in [5, 5.41) is 13.6. The fourth-order valence-electron chi connectivity index (χ4n) is 2.78. The number of rotatable bonds is 4. The summed E-state index contributed by atoms with van der Waals surface area (Å²) in [4.78, 5) is 7.70. The normalized spacial score (nSPS) is 11.6. The van der Waals surface area contributed by atoms with Gasteiger partial charge in [-0.05, 0) is 47.1 Å².